The van der Waals surface area contributed by atoms with Crippen molar-refractivity contribution in [2.24, 2.45) is 5.92 Å². The maximum Gasteiger partial charge on any atom is 0.205 e. The van der Waals surface area contributed by atoms with Crippen molar-refractivity contribution in [2.75, 3.05) is 26.0 Å². The molecule has 1 heterocycles. The van der Waals surface area contributed by atoms with Gasteiger partial charge < -0.3 is 10.2 Å². The van der Waals surface area contributed by atoms with E-state index in [2.05, 4.69) is 41.4 Å². The van der Waals surface area contributed by atoms with Crippen LogP contribution in [0.3, 0.4) is 0 Å². The summed E-state index contributed by atoms with van der Waals surface area (Å²) in [7, 11) is 4.40. The zero-order valence-corrected chi connectivity index (χ0v) is 12.7. The summed E-state index contributed by atoms with van der Waals surface area (Å²) in [5.41, 5.74) is 0.275. The van der Waals surface area contributed by atoms with Crippen LogP contribution in [0.5, 0.6) is 0 Å². The number of nitrogens with one attached hydrogen (secondary N) is 1. The molecule has 0 amide bonds. The van der Waals surface area contributed by atoms with Crippen molar-refractivity contribution in [3.63, 3.8) is 0 Å². The summed E-state index contributed by atoms with van der Waals surface area (Å²) >= 11 is 1.64. The lowest BCUT2D eigenvalue weighted by Crippen LogP contribution is -2.52. The SMILES string of the molecule is Cc1nnc(NCC2(N(C)C)CCCC(C)C2)s1. The Morgan fingerprint density at radius 1 is 1.44 bits per heavy atom. The summed E-state index contributed by atoms with van der Waals surface area (Å²) in [6.45, 7) is 5.33. The number of hydrogen-bond donors (Lipinski definition) is 1. The van der Waals surface area contributed by atoms with Gasteiger partial charge in [0.2, 0.25) is 5.13 Å². The number of likely N-dealkylation sites (N-methyl/N-ethyl adjacent to an activating group) is 1. The highest BCUT2D eigenvalue weighted by molar-refractivity contribution is 7.15. The van der Waals surface area contributed by atoms with Crippen molar-refractivity contribution in [3.05, 3.63) is 5.01 Å². The maximum absolute atomic E-state index is 4.15. The minimum absolute atomic E-state index is 0.275. The Morgan fingerprint density at radius 2 is 2.22 bits per heavy atom. The van der Waals surface area contributed by atoms with E-state index in [1.54, 1.807) is 11.3 Å². The van der Waals surface area contributed by atoms with Gasteiger partial charge in [-0.05, 0) is 39.8 Å². The Kier molecular flexibility index (Phi) is 4.22. The Morgan fingerprint density at radius 3 is 2.78 bits per heavy atom. The molecular weight excluding hydrogens is 244 g/mol. The molecule has 1 saturated carbocycles. The fourth-order valence-electron chi connectivity index (χ4n) is 2.97. The smallest absolute Gasteiger partial charge is 0.205 e. The topological polar surface area (TPSA) is 41.1 Å². The van der Waals surface area contributed by atoms with E-state index < -0.39 is 0 Å². The molecule has 1 N–H and O–H groups in total. The van der Waals surface area contributed by atoms with Crippen molar-refractivity contribution < 1.29 is 0 Å². The third kappa shape index (κ3) is 3.01. The molecule has 2 rings (SSSR count). The normalized spacial score (nSPS) is 28.6. The van der Waals surface area contributed by atoms with Gasteiger partial charge in [0, 0.05) is 12.1 Å². The summed E-state index contributed by atoms with van der Waals surface area (Å²) in [6, 6.07) is 0. The molecule has 1 aliphatic carbocycles. The van der Waals surface area contributed by atoms with Gasteiger partial charge in [-0.25, -0.2) is 0 Å². The molecule has 0 radical (unpaired) electrons. The monoisotopic (exact) mass is 268 g/mol. The Labute approximate surface area is 114 Å². The van der Waals surface area contributed by atoms with Gasteiger partial charge in [0.1, 0.15) is 5.01 Å². The highest BCUT2D eigenvalue weighted by Crippen LogP contribution is 2.36. The summed E-state index contributed by atoms with van der Waals surface area (Å²) < 4.78 is 0. The first-order valence-electron chi connectivity index (χ1n) is 6.73. The molecule has 2 atom stereocenters. The molecule has 1 fully saturated rings. The quantitative estimate of drug-likeness (QED) is 0.911. The number of nitrogens with zero attached hydrogens (tertiary/aromatic N) is 3. The van der Waals surface area contributed by atoms with E-state index in [1.807, 2.05) is 6.92 Å². The molecule has 1 aromatic heterocycles. The predicted octanol–water partition coefficient (Wildman–Crippen LogP) is 2.77. The van der Waals surface area contributed by atoms with Gasteiger partial charge in [0.25, 0.3) is 0 Å². The minimum atomic E-state index is 0.275. The van der Waals surface area contributed by atoms with Gasteiger partial charge >= 0.3 is 0 Å². The molecule has 102 valence electrons. The number of hydrogen-bond acceptors (Lipinski definition) is 5. The van der Waals surface area contributed by atoms with Crippen LogP contribution >= 0.6 is 11.3 Å². The number of rotatable bonds is 4. The van der Waals surface area contributed by atoms with E-state index in [9.17, 15) is 0 Å². The zero-order valence-electron chi connectivity index (χ0n) is 11.9. The molecule has 0 aromatic carbocycles. The summed E-state index contributed by atoms with van der Waals surface area (Å²) in [5.74, 6) is 0.819. The van der Waals surface area contributed by atoms with Gasteiger partial charge in [-0.15, -0.1) is 10.2 Å². The summed E-state index contributed by atoms with van der Waals surface area (Å²) in [5, 5.41) is 13.7. The fraction of sp³-hybridized carbons (Fsp3) is 0.846. The lowest BCUT2D eigenvalue weighted by Gasteiger charge is -2.45. The molecule has 0 saturated heterocycles. The predicted molar refractivity (Wildman–Crippen MR) is 77.2 cm³/mol. The van der Waals surface area contributed by atoms with E-state index >= 15 is 0 Å². The van der Waals surface area contributed by atoms with Crippen molar-refractivity contribution >= 4 is 16.5 Å². The summed E-state index contributed by atoms with van der Waals surface area (Å²) in [6.07, 6.45) is 5.24. The van der Waals surface area contributed by atoms with Crippen LogP contribution in [0.2, 0.25) is 0 Å². The average molecular weight is 268 g/mol. The molecule has 0 bridgehead atoms. The van der Waals surface area contributed by atoms with Gasteiger partial charge in [-0.3, -0.25) is 0 Å². The molecule has 4 nitrogen and oxygen atoms in total. The average Bonchev–Trinajstić information content (AvgIpc) is 2.72. The lowest BCUT2D eigenvalue weighted by molar-refractivity contribution is 0.0882. The minimum Gasteiger partial charge on any atom is -0.358 e. The van der Waals surface area contributed by atoms with Crippen molar-refractivity contribution in [1.82, 2.24) is 15.1 Å². The first-order valence-corrected chi connectivity index (χ1v) is 7.55. The Hall–Kier alpha value is -0.680. The van der Waals surface area contributed by atoms with Crippen molar-refractivity contribution in [3.8, 4) is 0 Å². The molecule has 2 unspecified atom stereocenters. The van der Waals surface area contributed by atoms with Crippen LogP contribution in [0.25, 0.3) is 0 Å². The molecule has 18 heavy (non-hydrogen) atoms. The van der Waals surface area contributed by atoms with E-state index in [4.69, 9.17) is 0 Å². The van der Waals surface area contributed by atoms with Gasteiger partial charge in [0.05, 0.1) is 0 Å². The highest BCUT2D eigenvalue weighted by Gasteiger charge is 2.36. The van der Waals surface area contributed by atoms with Gasteiger partial charge in [0.15, 0.2) is 0 Å². The largest absolute Gasteiger partial charge is 0.358 e. The van der Waals surface area contributed by atoms with Crippen LogP contribution in [0.4, 0.5) is 5.13 Å². The van der Waals surface area contributed by atoms with Crippen LogP contribution in [-0.2, 0) is 0 Å². The third-order valence-electron chi connectivity index (χ3n) is 4.11. The second kappa shape index (κ2) is 5.53. The van der Waals surface area contributed by atoms with Crippen LogP contribution in [-0.4, -0.2) is 41.3 Å². The molecule has 5 heteroatoms. The second-order valence-corrected chi connectivity index (χ2v) is 6.98. The van der Waals surface area contributed by atoms with E-state index in [-0.39, 0.29) is 5.54 Å². The Balaban J connectivity index is 2.02. The van der Waals surface area contributed by atoms with Crippen LogP contribution in [0, 0.1) is 12.8 Å². The van der Waals surface area contributed by atoms with Crippen molar-refractivity contribution in [1.29, 1.82) is 0 Å². The molecule has 1 aliphatic rings. The zero-order chi connectivity index (χ0) is 13.2. The second-order valence-electron chi connectivity index (χ2n) is 5.80. The van der Waals surface area contributed by atoms with Gasteiger partial charge in [-0.2, -0.15) is 0 Å². The first kappa shape index (κ1) is 13.7. The molecule has 0 aliphatic heterocycles. The van der Waals surface area contributed by atoms with E-state index in [0.717, 1.165) is 22.6 Å². The van der Waals surface area contributed by atoms with E-state index in [1.165, 1.54) is 25.7 Å². The fourth-order valence-corrected chi connectivity index (χ4v) is 3.55. The third-order valence-corrected chi connectivity index (χ3v) is 4.91. The van der Waals surface area contributed by atoms with Crippen LogP contribution in [0.15, 0.2) is 0 Å². The molecule has 1 aromatic rings. The Bertz CT molecular complexity index is 390. The van der Waals surface area contributed by atoms with Crippen molar-refractivity contribution in [2.45, 2.75) is 45.1 Å². The van der Waals surface area contributed by atoms with Gasteiger partial charge in [-0.1, -0.05) is 31.1 Å². The molecule has 0 spiro atoms. The van der Waals surface area contributed by atoms with Crippen LogP contribution in [0.1, 0.15) is 37.6 Å². The summed E-state index contributed by atoms with van der Waals surface area (Å²) in [4.78, 5) is 2.39. The molecular formula is C13H24N4S. The van der Waals surface area contributed by atoms with E-state index in [0.29, 0.717) is 0 Å². The standard InChI is InChI=1S/C13H24N4S/c1-10-6-5-7-13(8-10,17(3)4)9-14-12-16-15-11(2)18-12/h10H,5-9H2,1-4H3,(H,14,16). The highest BCUT2D eigenvalue weighted by atomic mass is 32.1. The maximum atomic E-state index is 4.15. The lowest BCUT2D eigenvalue weighted by atomic mass is 9.75. The number of aromatic nitrogens is 2. The number of aryl methyl sites for hydroxylation is 1. The number of anilines is 1. The van der Waals surface area contributed by atoms with Crippen LogP contribution < -0.4 is 5.32 Å². The first-order chi connectivity index (χ1) is 8.52.